The van der Waals surface area contributed by atoms with Gasteiger partial charge in [-0.1, -0.05) is 19.1 Å². The quantitative estimate of drug-likeness (QED) is 0.890. The van der Waals surface area contributed by atoms with Crippen LogP contribution in [0.5, 0.6) is 0 Å². The number of hydrogen-bond acceptors (Lipinski definition) is 5. The molecule has 7 nitrogen and oxygen atoms in total. The number of nitrogens with zero attached hydrogens (tertiary/aromatic N) is 3. The number of carbonyl (C=O) groups is 2. The van der Waals surface area contributed by atoms with Gasteiger partial charge in [0.15, 0.2) is 5.69 Å². The molecule has 0 aromatic carbocycles. The minimum absolute atomic E-state index is 0.122. The van der Waals surface area contributed by atoms with E-state index in [9.17, 15) is 19.8 Å². The van der Waals surface area contributed by atoms with Gasteiger partial charge in [-0.15, -0.1) is 16.4 Å². The molecule has 1 aliphatic rings. The lowest BCUT2D eigenvalue weighted by Crippen LogP contribution is -2.12. The van der Waals surface area contributed by atoms with Crippen LogP contribution in [-0.2, 0) is 12.8 Å². The second kappa shape index (κ2) is 5.77. The molecule has 0 aliphatic heterocycles. The highest BCUT2D eigenvalue weighted by Gasteiger charge is 2.30. The first-order valence-electron chi connectivity index (χ1n) is 7.49. The molecular weight excluding hydrogens is 318 g/mol. The number of carboxylic acid groups (broad SMARTS) is 2. The lowest BCUT2D eigenvalue weighted by Gasteiger charge is -2.11. The zero-order chi connectivity index (χ0) is 16.7. The van der Waals surface area contributed by atoms with E-state index in [-0.39, 0.29) is 17.2 Å². The van der Waals surface area contributed by atoms with E-state index in [2.05, 4.69) is 10.3 Å². The summed E-state index contributed by atoms with van der Waals surface area (Å²) in [5, 5.41) is 27.1. The van der Waals surface area contributed by atoms with E-state index in [4.69, 9.17) is 0 Å². The molecule has 0 amide bonds. The van der Waals surface area contributed by atoms with Crippen molar-refractivity contribution < 1.29 is 19.8 Å². The van der Waals surface area contributed by atoms with Gasteiger partial charge in [-0.05, 0) is 37.2 Å². The zero-order valence-corrected chi connectivity index (χ0v) is 13.7. The van der Waals surface area contributed by atoms with Crippen LogP contribution in [0.1, 0.15) is 69.6 Å². The predicted molar refractivity (Wildman–Crippen MR) is 83.9 cm³/mol. The molecule has 2 aromatic heterocycles. The standard InChI is InChI=1S/C15H17N3O4S/c1-7(2)12-11(15(21)22)16-17-18(12)13-10(14(19)20)8-5-3-4-6-9(8)23-13/h7H,3-6H2,1-2H3,(H,19,20)(H,21,22). The van der Waals surface area contributed by atoms with Gasteiger partial charge in [-0.25, -0.2) is 14.3 Å². The Kier molecular flexibility index (Phi) is 3.93. The number of carboxylic acids is 2. The molecule has 1 aliphatic carbocycles. The molecule has 0 bridgehead atoms. The van der Waals surface area contributed by atoms with Gasteiger partial charge in [0.25, 0.3) is 0 Å². The Morgan fingerprint density at radius 2 is 1.87 bits per heavy atom. The average Bonchev–Trinajstić information content (AvgIpc) is 3.08. The van der Waals surface area contributed by atoms with E-state index < -0.39 is 11.9 Å². The molecule has 0 atom stereocenters. The number of thiophene rings is 1. The van der Waals surface area contributed by atoms with E-state index in [0.29, 0.717) is 10.7 Å². The number of hydrogen-bond donors (Lipinski definition) is 2. The normalized spacial score (nSPS) is 14.0. The van der Waals surface area contributed by atoms with Gasteiger partial charge in [0.2, 0.25) is 0 Å². The number of rotatable bonds is 4. The Bertz CT molecular complexity index is 791. The molecule has 0 spiro atoms. The van der Waals surface area contributed by atoms with Gasteiger partial charge in [0.1, 0.15) is 5.00 Å². The van der Waals surface area contributed by atoms with Crippen molar-refractivity contribution in [3.63, 3.8) is 0 Å². The summed E-state index contributed by atoms with van der Waals surface area (Å²) in [7, 11) is 0. The molecule has 0 saturated heterocycles. The SMILES string of the molecule is CC(C)c1c(C(=O)O)nnn1-c1sc2c(c1C(=O)O)CCCC2. The lowest BCUT2D eigenvalue weighted by molar-refractivity contribution is 0.0681. The third kappa shape index (κ3) is 2.52. The van der Waals surface area contributed by atoms with Gasteiger partial charge in [-0.3, -0.25) is 0 Å². The van der Waals surface area contributed by atoms with Crippen molar-refractivity contribution >= 4 is 23.3 Å². The number of fused-ring (bicyclic) bond motifs is 1. The average molecular weight is 335 g/mol. The first-order chi connectivity index (χ1) is 10.9. The first-order valence-corrected chi connectivity index (χ1v) is 8.30. The smallest absolute Gasteiger partial charge is 0.358 e. The van der Waals surface area contributed by atoms with Gasteiger partial charge in [0, 0.05) is 4.88 Å². The monoisotopic (exact) mass is 335 g/mol. The summed E-state index contributed by atoms with van der Waals surface area (Å²) in [6, 6.07) is 0. The van der Waals surface area contributed by atoms with Crippen LogP contribution in [0.3, 0.4) is 0 Å². The number of aromatic carboxylic acids is 2. The van der Waals surface area contributed by atoms with Gasteiger partial charge >= 0.3 is 11.9 Å². The van der Waals surface area contributed by atoms with Gasteiger partial charge in [-0.2, -0.15) is 0 Å². The summed E-state index contributed by atoms with van der Waals surface area (Å²) in [6.45, 7) is 3.69. The van der Waals surface area contributed by atoms with E-state index in [1.807, 2.05) is 13.8 Å². The molecule has 2 N–H and O–H groups in total. The maximum atomic E-state index is 11.8. The molecule has 0 unspecified atom stereocenters. The Morgan fingerprint density at radius 1 is 1.17 bits per heavy atom. The van der Waals surface area contributed by atoms with E-state index in [1.54, 1.807) is 0 Å². The van der Waals surface area contributed by atoms with Crippen molar-refractivity contribution in [2.75, 3.05) is 0 Å². The molecule has 2 heterocycles. The summed E-state index contributed by atoms with van der Waals surface area (Å²) in [5.74, 6) is -2.29. The summed E-state index contributed by atoms with van der Waals surface area (Å²) in [5.41, 5.74) is 1.42. The fourth-order valence-electron chi connectivity index (χ4n) is 3.03. The first kappa shape index (κ1) is 15.7. The minimum atomic E-state index is -1.15. The number of aryl methyl sites for hydroxylation is 1. The van der Waals surface area contributed by atoms with Crippen LogP contribution in [-0.4, -0.2) is 37.1 Å². The molecular formula is C15H17N3O4S. The zero-order valence-electron chi connectivity index (χ0n) is 12.9. The van der Waals surface area contributed by atoms with Crippen LogP contribution in [0.25, 0.3) is 5.00 Å². The van der Waals surface area contributed by atoms with Gasteiger partial charge < -0.3 is 10.2 Å². The fraction of sp³-hybridized carbons (Fsp3) is 0.467. The van der Waals surface area contributed by atoms with Crippen molar-refractivity contribution in [1.82, 2.24) is 15.0 Å². The van der Waals surface area contributed by atoms with Crippen LogP contribution in [0.15, 0.2) is 0 Å². The summed E-state index contributed by atoms with van der Waals surface area (Å²) >= 11 is 1.39. The molecule has 122 valence electrons. The lowest BCUT2D eigenvalue weighted by atomic mass is 9.95. The van der Waals surface area contributed by atoms with Gasteiger partial charge in [0.05, 0.1) is 11.3 Å². The van der Waals surface area contributed by atoms with Crippen molar-refractivity contribution in [1.29, 1.82) is 0 Å². The maximum Gasteiger partial charge on any atom is 0.358 e. The van der Waals surface area contributed by atoms with E-state index in [1.165, 1.54) is 16.0 Å². The Morgan fingerprint density at radius 3 is 2.48 bits per heavy atom. The van der Waals surface area contributed by atoms with E-state index in [0.717, 1.165) is 36.1 Å². The van der Waals surface area contributed by atoms with Crippen molar-refractivity contribution in [3.05, 3.63) is 27.4 Å². The van der Waals surface area contributed by atoms with Crippen molar-refractivity contribution in [2.24, 2.45) is 0 Å². The molecule has 2 aromatic rings. The highest BCUT2D eigenvalue weighted by molar-refractivity contribution is 7.15. The largest absolute Gasteiger partial charge is 0.478 e. The summed E-state index contributed by atoms with van der Waals surface area (Å²) in [6.07, 6.45) is 3.61. The van der Waals surface area contributed by atoms with Crippen LogP contribution in [0.4, 0.5) is 0 Å². The van der Waals surface area contributed by atoms with Crippen LogP contribution in [0, 0.1) is 0 Å². The van der Waals surface area contributed by atoms with Crippen LogP contribution >= 0.6 is 11.3 Å². The number of aromatic nitrogens is 3. The molecule has 8 heteroatoms. The third-order valence-electron chi connectivity index (χ3n) is 4.01. The Balaban J connectivity index is 2.25. The summed E-state index contributed by atoms with van der Waals surface area (Å²) < 4.78 is 1.40. The highest BCUT2D eigenvalue weighted by Crippen LogP contribution is 2.38. The Labute approximate surface area is 136 Å². The van der Waals surface area contributed by atoms with Crippen molar-refractivity contribution in [3.8, 4) is 5.00 Å². The molecule has 0 radical (unpaired) electrons. The predicted octanol–water partition coefficient (Wildman–Crippen LogP) is 2.73. The molecule has 3 rings (SSSR count). The maximum absolute atomic E-state index is 11.8. The minimum Gasteiger partial charge on any atom is -0.478 e. The topological polar surface area (TPSA) is 105 Å². The summed E-state index contributed by atoms with van der Waals surface area (Å²) in [4.78, 5) is 24.2. The molecule has 0 saturated carbocycles. The molecule has 0 fully saturated rings. The third-order valence-corrected chi connectivity index (χ3v) is 5.28. The highest BCUT2D eigenvalue weighted by atomic mass is 32.1. The van der Waals surface area contributed by atoms with E-state index >= 15 is 0 Å². The fourth-order valence-corrected chi connectivity index (χ4v) is 4.37. The Hall–Kier alpha value is -2.22. The van der Waals surface area contributed by atoms with Crippen molar-refractivity contribution in [2.45, 2.75) is 45.4 Å². The van der Waals surface area contributed by atoms with Crippen LogP contribution in [0.2, 0.25) is 0 Å². The molecule has 23 heavy (non-hydrogen) atoms. The van der Waals surface area contributed by atoms with Crippen LogP contribution < -0.4 is 0 Å². The second-order valence-corrected chi connectivity index (χ2v) is 6.97. The second-order valence-electron chi connectivity index (χ2n) is 5.89.